The van der Waals surface area contributed by atoms with Crippen molar-refractivity contribution in [1.82, 2.24) is 4.90 Å². The first-order valence-corrected chi connectivity index (χ1v) is 12.8. The van der Waals surface area contributed by atoms with Gasteiger partial charge in [0.05, 0.1) is 19.1 Å². The van der Waals surface area contributed by atoms with Gasteiger partial charge in [-0.3, -0.25) is 4.79 Å². The highest BCUT2D eigenvalue weighted by Gasteiger charge is 2.25. The van der Waals surface area contributed by atoms with Crippen LogP contribution in [-0.4, -0.2) is 43.3 Å². The largest absolute Gasteiger partial charge is 0.487 e. The van der Waals surface area contributed by atoms with E-state index in [1.807, 2.05) is 36.4 Å². The Morgan fingerprint density at radius 3 is 2.69 bits per heavy atom. The lowest BCUT2D eigenvalue weighted by Crippen LogP contribution is -2.33. The zero-order valence-corrected chi connectivity index (χ0v) is 20.8. The molecule has 0 aliphatic carbocycles. The van der Waals surface area contributed by atoms with Crippen molar-refractivity contribution in [3.63, 3.8) is 0 Å². The Labute approximate surface area is 215 Å². The molecule has 36 heavy (non-hydrogen) atoms. The summed E-state index contributed by atoms with van der Waals surface area (Å²) in [5, 5.41) is 0.646. The van der Waals surface area contributed by atoms with E-state index < -0.39 is 0 Å². The van der Waals surface area contributed by atoms with E-state index in [1.54, 1.807) is 17.0 Å². The summed E-state index contributed by atoms with van der Waals surface area (Å²) in [5.74, 6) is 0.949. The molecule has 0 saturated carbocycles. The molecule has 3 aromatic rings. The van der Waals surface area contributed by atoms with E-state index in [-0.39, 0.29) is 24.2 Å². The topological polar surface area (TPSA) is 48.0 Å². The van der Waals surface area contributed by atoms with Gasteiger partial charge in [-0.25, -0.2) is 4.39 Å². The number of hydrogen-bond donors (Lipinski definition) is 0. The van der Waals surface area contributed by atoms with Gasteiger partial charge in [0, 0.05) is 23.7 Å². The minimum absolute atomic E-state index is 0.0377. The van der Waals surface area contributed by atoms with Crippen molar-refractivity contribution in [1.29, 1.82) is 0 Å². The molecule has 2 heterocycles. The van der Waals surface area contributed by atoms with Crippen LogP contribution in [0.15, 0.2) is 60.7 Å². The molecule has 2 aliphatic heterocycles. The lowest BCUT2D eigenvalue weighted by atomic mass is 10.0. The van der Waals surface area contributed by atoms with Crippen LogP contribution in [0.5, 0.6) is 11.5 Å². The molecule has 1 fully saturated rings. The fourth-order valence-corrected chi connectivity index (χ4v) is 4.84. The normalized spacial score (nSPS) is 17.6. The Hall–Kier alpha value is -3.09. The molecule has 0 spiro atoms. The van der Waals surface area contributed by atoms with Gasteiger partial charge in [0.15, 0.2) is 11.5 Å². The molecule has 5 nitrogen and oxygen atoms in total. The van der Waals surface area contributed by atoms with Crippen molar-refractivity contribution in [3.05, 3.63) is 82.6 Å². The minimum Gasteiger partial charge on any atom is -0.487 e. The second-order valence-electron chi connectivity index (χ2n) is 9.24. The van der Waals surface area contributed by atoms with Crippen LogP contribution in [0.3, 0.4) is 0 Å². The van der Waals surface area contributed by atoms with Crippen molar-refractivity contribution in [2.24, 2.45) is 0 Å². The van der Waals surface area contributed by atoms with Crippen LogP contribution in [0.2, 0.25) is 5.02 Å². The molecule has 2 aliphatic rings. The maximum Gasteiger partial charge on any atom is 0.227 e. The van der Waals surface area contributed by atoms with Crippen LogP contribution in [-0.2, 0) is 22.5 Å². The maximum absolute atomic E-state index is 13.3. The molecule has 1 amide bonds. The van der Waals surface area contributed by atoms with E-state index in [2.05, 4.69) is 0 Å². The van der Waals surface area contributed by atoms with E-state index in [9.17, 15) is 9.18 Å². The molecule has 0 N–H and O–H groups in total. The lowest BCUT2D eigenvalue weighted by Gasteiger charge is -2.24. The van der Waals surface area contributed by atoms with Gasteiger partial charge in [0.25, 0.3) is 0 Å². The number of ether oxygens (including phenoxy) is 3. The molecule has 0 bridgehead atoms. The summed E-state index contributed by atoms with van der Waals surface area (Å²) in [4.78, 5) is 14.9. The number of rotatable bonds is 6. The summed E-state index contributed by atoms with van der Waals surface area (Å²) in [6.07, 6.45) is 3.45. The lowest BCUT2D eigenvalue weighted by molar-refractivity contribution is -0.131. The van der Waals surface area contributed by atoms with Crippen molar-refractivity contribution >= 4 is 17.5 Å². The third kappa shape index (κ3) is 6.00. The molecule has 0 aromatic heterocycles. The number of amides is 1. The van der Waals surface area contributed by atoms with Gasteiger partial charge < -0.3 is 19.1 Å². The monoisotopic (exact) mass is 509 g/mol. The predicted molar refractivity (Wildman–Crippen MR) is 137 cm³/mol. The standard InChI is InChI=1S/C29H29ClFNO4/c30-24-5-3-4-21(16-24)22-15-23-18-32(28(33)14-20-7-9-25(31)10-8-20)11-13-35-29(23)27(17-22)36-19-26-6-1-2-12-34-26/h3-5,7-10,15-17,26H,1-2,6,11-14,18-19H2. The highest BCUT2D eigenvalue weighted by atomic mass is 35.5. The summed E-state index contributed by atoms with van der Waals surface area (Å²) in [6, 6.07) is 17.7. The SMILES string of the molecule is O=C(Cc1ccc(F)cc1)N1CCOc2c(cc(-c3cccc(Cl)c3)cc2OCC2CCCCO2)C1. The third-order valence-electron chi connectivity index (χ3n) is 6.58. The summed E-state index contributed by atoms with van der Waals surface area (Å²) in [5.41, 5.74) is 3.54. The van der Waals surface area contributed by atoms with Crippen molar-refractivity contribution < 1.29 is 23.4 Å². The Morgan fingerprint density at radius 2 is 1.92 bits per heavy atom. The van der Waals surface area contributed by atoms with E-state index >= 15 is 0 Å². The van der Waals surface area contributed by atoms with Gasteiger partial charge >= 0.3 is 0 Å². The van der Waals surface area contributed by atoms with Crippen LogP contribution in [0.25, 0.3) is 11.1 Å². The molecular formula is C29H29ClFNO4. The van der Waals surface area contributed by atoms with Crippen LogP contribution in [0.1, 0.15) is 30.4 Å². The van der Waals surface area contributed by atoms with Crippen LogP contribution >= 0.6 is 11.6 Å². The zero-order valence-electron chi connectivity index (χ0n) is 20.1. The molecule has 7 heteroatoms. The first kappa shape index (κ1) is 24.6. The predicted octanol–water partition coefficient (Wildman–Crippen LogP) is 6.06. The zero-order chi connectivity index (χ0) is 24.9. The molecule has 188 valence electrons. The van der Waals surface area contributed by atoms with Crippen molar-refractivity contribution in [2.75, 3.05) is 26.4 Å². The van der Waals surface area contributed by atoms with Gasteiger partial charge in [-0.05, 0) is 72.4 Å². The van der Waals surface area contributed by atoms with Gasteiger partial charge in [-0.2, -0.15) is 0 Å². The Bertz CT molecular complexity index is 1210. The quantitative estimate of drug-likeness (QED) is 0.405. The molecule has 1 saturated heterocycles. The average Bonchev–Trinajstić information content (AvgIpc) is 3.12. The highest BCUT2D eigenvalue weighted by Crippen LogP contribution is 2.39. The molecule has 5 rings (SSSR count). The molecule has 1 unspecified atom stereocenters. The second-order valence-corrected chi connectivity index (χ2v) is 9.68. The number of nitrogens with zero attached hydrogens (tertiary/aromatic N) is 1. The smallest absolute Gasteiger partial charge is 0.227 e. The number of benzene rings is 3. The number of halogens is 2. The number of carbonyl (C=O) groups is 1. The van der Waals surface area contributed by atoms with Crippen LogP contribution in [0.4, 0.5) is 4.39 Å². The molecule has 3 aromatic carbocycles. The van der Waals surface area contributed by atoms with E-state index in [0.29, 0.717) is 42.8 Å². The van der Waals surface area contributed by atoms with E-state index in [1.165, 1.54) is 12.1 Å². The second kappa shape index (κ2) is 11.3. The fourth-order valence-electron chi connectivity index (χ4n) is 4.65. The average molecular weight is 510 g/mol. The highest BCUT2D eigenvalue weighted by molar-refractivity contribution is 6.30. The fraction of sp³-hybridized carbons (Fsp3) is 0.345. The van der Waals surface area contributed by atoms with Gasteiger partial charge in [-0.15, -0.1) is 0 Å². The van der Waals surface area contributed by atoms with E-state index in [4.69, 9.17) is 25.8 Å². The Kier molecular flexibility index (Phi) is 7.73. The number of carbonyl (C=O) groups excluding carboxylic acids is 1. The van der Waals surface area contributed by atoms with Gasteiger partial charge in [0.2, 0.25) is 5.91 Å². The maximum atomic E-state index is 13.3. The van der Waals surface area contributed by atoms with Crippen molar-refractivity contribution in [2.45, 2.75) is 38.3 Å². The Balaban J connectivity index is 1.42. The molecule has 0 radical (unpaired) electrons. The first-order valence-electron chi connectivity index (χ1n) is 12.4. The Morgan fingerprint density at radius 1 is 1.06 bits per heavy atom. The summed E-state index contributed by atoms with van der Waals surface area (Å²) in [6.45, 7) is 2.40. The van der Waals surface area contributed by atoms with E-state index in [0.717, 1.165) is 48.1 Å². The van der Waals surface area contributed by atoms with Gasteiger partial charge in [-0.1, -0.05) is 35.9 Å². The van der Waals surface area contributed by atoms with Gasteiger partial charge in [0.1, 0.15) is 19.0 Å². The van der Waals surface area contributed by atoms with Crippen LogP contribution in [0, 0.1) is 5.82 Å². The summed E-state index contributed by atoms with van der Waals surface area (Å²) < 4.78 is 31.5. The van der Waals surface area contributed by atoms with Crippen LogP contribution < -0.4 is 9.47 Å². The summed E-state index contributed by atoms with van der Waals surface area (Å²) in [7, 11) is 0. The number of hydrogen-bond acceptors (Lipinski definition) is 4. The molecular weight excluding hydrogens is 481 g/mol. The minimum atomic E-state index is -0.317. The third-order valence-corrected chi connectivity index (χ3v) is 6.81. The molecule has 1 atom stereocenters. The number of fused-ring (bicyclic) bond motifs is 1. The first-order chi connectivity index (χ1) is 17.5. The summed E-state index contributed by atoms with van der Waals surface area (Å²) >= 11 is 6.27. The van der Waals surface area contributed by atoms with Crippen molar-refractivity contribution in [3.8, 4) is 22.6 Å².